The number of carbonyl (C=O) groups excluding carboxylic acids is 2. The van der Waals surface area contributed by atoms with Crippen molar-refractivity contribution in [3.05, 3.63) is 84.1 Å². The summed E-state index contributed by atoms with van der Waals surface area (Å²) in [7, 11) is 0. The normalized spacial score (nSPS) is 11.8. The summed E-state index contributed by atoms with van der Waals surface area (Å²) in [6, 6.07) is 17.1. The van der Waals surface area contributed by atoms with Gasteiger partial charge in [0.25, 0.3) is 11.8 Å². The molecular formula is C26H26N4O5. The van der Waals surface area contributed by atoms with Gasteiger partial charge in [-0.2, -0.15) is 0 Å². The number of ether oxygens (including phenoxy) is 1. The molecule has 4 aromatic rings. The highest BCUT2D eigenvalue weighted by Gasteiger charge is 2.25. The molecule has 0 fully saturated rings. The molecule has 2 heterocycles. The molecule has 2 aromatic heterocycles. The van der Waals surface area contributed by atoms with Crippen LogP contribution in [-0.4, -0.2) is 28.1 Å². The topological polar surface area (TPSA) is 119 Å². The number of carbonyl (C=O) groups is 2. The zero-order valence-corrected chi connectivity index (χ0v) is 19.6. The van der Waals surface area contributed by atoms with Crippen molar-refractivity contribution in [3.8, 4) is 17.2 Å². The molecule has 2 aromatic carbocycles. The molecule has 0 saturated carbocycles. The van der Waals surface area contributed by atoms with E-state index in [1.165, 1.54) is 6.26 Å². The molecule has 0 bridgehead atoms. The molecule has 2 amide bonds. The van der Waals surface area contributed by atoms with Crippen molar-refractivity contribution in [2.45, 2.75) is 33.4 Å². The lowest BCUT2D eigenvalue weighted by atomic mass is 10.0. The first-order valence-corrected chi connectivity index (χ1v) is 11.2. The SMILES string of the molecule is Cc1ccccc1-c1nnc(COc2ccc(NC(=O)[C@H](NC(=O)c3ccco3)C(C)C)cc2)o1. The summed E-state index contributed by atoms with van der Waals surface area (Å²) < 4.78 is 16.5. The van der Waals surface area contributed by atoms with Crippen LogP contribution < -0.4 is 15.4 Å². The van der Waals surface area contributed by atoms with Crippen LogP contribution in [0.2, 0.25) is 0 Å². The second-order valence-electron chi connectivity index (χ2n) is 8.29. The highest BCUT2D eigenvalue weighted by molar-refractivity contribution is 6.00. The Labute approximate surface area is 202 Å². The number of furan rings is 1. The lowest BCUT2D eigenvalue weighted by Gasteiger charge is -2.21. The Kier molecular flexibility index (Phi) is 7.25. The summed E-state index contributed by atoms with van der Waals surface area (Å²) in [6.07, 6.45) is 1.41. The minimum absolute atomic E-state index is 0.110. The molecule has 35 heavy (non-hydrogen) atoms. The van der Waals surface area contributed by atoms with Gasteiger partial charge in [0.05, 0.1) is 6.26 Å². The first-order chi connectivity index (χ1) is 16.9. The van der Waals surface area contributed by atoms with Gasteiger partial charge in [-0.3, -0.25) is 9.59 Å². The number of aromatic nitrogens is 2. The number of rotatable bonds is 9. The van der Waals surface area contributed by atoms with E-state index >= 15 is 0 Å². The molecule has 0 aliphatic heterocycles. The number of anilines is 1. The van der Waals surface area contributed by atoms with E-state index in [0.717, 1.165) is 11.1 Å². The summed E-state index contributed by atoms with van der Waals surface area (Å²) in [6.45, 7) is 5.79. The van der Waals surface area contributed by atoms with E-state index in [1.807, 2.05) is 45.0 Å². The quantitative estimate of drug-likeness (QED) is 0.363. The Bertz CT molecular complexity index is 1280. The number of amides is 2. The third-order valence-corrected chi connectivity index (χ3v) is 5.31. The van der Waals surface area contributed by atoms with Crippen molar-refractivity contribution < 1.29 is 23.2 Å². The monoisotopic (exact) mass is 474 g/mol. The Hall–Kier alpha value is -4.40. The van der Waals surface area contributed by atoms with Gasteiger partial charge in [-0.05, 0) is 60.9 Å². The van der Waals surface area contributed by atoms with E-state index in [-0.39, 0.29) is 24.2 Å². The second kappa shape index (κ2) is 10.7. The number of hydrogen-bond donors (Lipinski definition) is 2. The van der Waals surface area contributed by atoms with Crippen molar-refractivity contribution in [2.24, 2.45) is 5.92 Å². The van der Waals surface area contributed by atoms with Crippen LogP contribution in [0.1, 0.15) is 35.9 Å². The van der Waals surface area contributed by atoms with Gasteiger partial charge in [0.2, 0.25) is 11.8 Å². The van der Waals surface area contributed by atoms with E-state index in [4.69, 9.17) is 13.6 Å². The van der Waals surface area contributed by atoms with Crippen molar-refractivity contribution in [3.63, 3.8) is 0 Å². The molecule has 2 N–H and O–H groups in total. The molecule has 180 valence electrons. The Morgan fingerprint density at radius 1 is 1.00 bits per heavy atom. The van der Waals surface area contributed by atoms with Gasteiger partial charge in [-0.25, -0.2) is 0 Å². The molecule has 0 aliphatic rings. The predicted molar refractivity (Wildman–Crippen MR) is 129 cm³/mol. The van der Waals surface area contributed by atoms with Crippen LogP contribution in [0.15, 0.2) is 75.8 Å². The lowest BCUT2D eigenvalue weighted by Crippen LogP contribution is -2.47. The summed E-state index contributed by atoms with van der Waals surface area (Å²) in [5, 5.41) is 13.7. The van der Waals surface area contributed by atoms with E-state index in [0.29, 0.717) is 23.2 Å². The highest BCUT2D eigenvalue weighted by atomic mass is 16.5. The van der Waals surface area contributed by atoms with E-state index in [2.05, 4.69) is 20.8 Å². The average Bonchev–Trinajstić information content (AvgIpc) is 3.55. The fraction of sp³-hybridized carbons (Fsp3) is 0.231. The van der Waals surface area contributed by atoms with Gasteiger partial charge in [-0.15, -0.1) is 10.2 Å². The number of nitrogens with one attached hydrogen (secondary N) is 2. The maximum absolute atomic E-state index is 12.8. The summed E-state index contributed by atoms with van der Waals surface area (Å²) in [5.74, 6) is 0.617. The van der Waals surface area contributed by atoms with Crippen LogP contribution in [-0.2, 0) is 11.4 Å². The number of nitrogens with zero attached hydrogens (tertiary/aromatic N) is 2. The van der Waals surface area contributed by atoms with Crippen LogP contribution in [0.4, 0.5) is 5.69 Å². The third-order valence-electron chi connectivity index (χ3n) is 5.31. The largest absolute Gasteiger partial charge is 0.484 e. The van der Waals surface area contributed by atoms with Crippen molar-refractivity contribution in [2.75, 3.05) is 5.32 Å². The summed E-state index contributed by atoms with van der Waals surface area (Å²) >= 11 is 0. The first-order valence-electron chi connectivity index (χ1n) is 11.2. The standard InChI is InChI=1S/C26H26N4O5/c1-16(2)23(28-24(31)21-9-6-14-33-21)25(32)27-18-10-12-19(13-11-18)34-15-22-29-30-26(35-22)20-8-5-4-7-17(20)3/h4-14,16,23H,15H2,1-3H3,(H,27,32)(H,28,31)/t23-/m1/s1. The Balaban J connectivity index is 1.32. The Morgan fingerprint density at radius 2 is 1.77 bits per heavy atom. The zero-order chi connectivity index (χ0) is 24.8. The molecule has 0 radical (unpaired) electrons. The molecule has 1 atom stereocenters. The van der Waals surface area contributed by atoms with Gasteiger partial charge in [-0.1, -0.05) is 32.0 Å². The molecule has 0 unspecified atom stereocenters. The maximum Gasteiger partial charge on any atom is 0.287 e. The van der Waals surface area contributed by atoms with Crippen molar-refractivity contribution >= 4 is 17.5 Å². The first kappa shape index (κ1) is 23.7. The third kappa shape index (κ3) is 5.94. The van der Waals surface area contributed by atoms with E-state index in [9.17, 15) is 9.59 Å². The van der Waals surface area contributed by atoms with Gasteiger partial charge < -0.3 is 24.2 Å². The second-order valence-corrected chi connectivity index (χ2v) is 8.29. The zero-order valence-electron chi connectivity index (χ0n) is 19.6. The van der Waals surface area contributed by atoms with E-state index < -0.39 is 11.9 Å². The Morgan fingerprint density at radius 3 is 2.46 bits per heavy atom. The van der Waals surface area contributed by atoms with Crippen LogP contribution in [0.5, 0.6) is 5.75 Å². The van der Waals surface area contributed by atoms with E-state index in [1.54, 1.807) is 36.4 Å². The number of benzene rings is 2. The number of hydrogen-bond acceptors (Lipinski definition) is 7. The lowest BCUT2D eigenvalue weighted by molar-refractivity contribution is -0.118. The smallest absolute Gasteiger partial charge is 0.287 e. The molecular weight excluding hydrogens is 448 g/mol. The van der Waals surface area contributed by atoms with Gasteiger partial charge in [0.1, 0.15) is 11.8 Å². The van der Waals surface area contributed by atoms with Crippen molar-refractivity contribution in [1.82, 2.24) is 15.5 Å². The minimum Gasteiger partial charge on any atom is -0.484 e. The minimum atomic E-state index is -0.733. The van der Waals surface area contributed by atoms with Crippen LogP contribution in [0.25, 0.3) is 11.5 Å². The maximum atomic E-state index is 12.8. The molecule has 4 rings (SSSR count). The average molecular weight is 475 g/mol. The van der Waals surface area contributed by atoms with Crippen LogP contribution in [0, 0.1) is 12.8 Å². The van der Waals surface area contributed by atoms with Crippen molar-refractivity contribution in [1.29, 1.82) is 0 Å². The molecule has 9 nitrogen and oxygen atoms in total. The summed E-state index contributed by atoms with van der Waals surface area (Å²) in [5.41, 5.74) is 2.49. The van der Waals surface area contributed by atoms with Crippen LogP contribution >= 0.6 is 0 Å². The summed E-state index contributed by atoms with van der Waals surface area (Å²) in [4.78, 5) is 25.1. The molecule has 9 heteroatoms. The molecule has 0 aliphatic carbocycles. The van der Waals surface area contributed by atoms with Gasteiger partial charge in [0, 0.05) is 11.3 Å². The fourth-order valence-corrected chi connectivity index (χ4v) is 3.39. The van der Waals surface area contributed by atoms with Crippen LogP contribution in [0.3, 0.4) is 0 Å². The number of aryl methyl sites for hydroxylation is 1. The predicted octanol–water partition coefficient (Wildman–Crippen LogP) is 4.61. The fourth-order valence-electron chi connectivity index (χ4n) is 3.39. The van der Waals surface area contributed by atoms with Gasteiger partial charge in [0.15, 0.2) is 12.4 Å². The molecule has 0 saturated heterocycles. The molecule has 0 spiro atoms. The highest BCUT2D eigenvalue weighted by Crippen LogP contribution is 2.23. The van der Waals surface area contributed by atoms with Gasteiger partial charge >= 0.3 is 0 Å².